The molecule has 0 saturated heterocycles. The van der Waals surface area contributed by atoms with Gasteiger partial charge < -0.3 is 0 Å². The summed E-state index contributed by atoms with van der Waals surface area (Å²) in [5.41, 5.74) is 0.381. The molecule has 0 saturated carbocycles. The van der Waals surface area contributed by atoms with Gasteiger partial charge in [-0.1, -0.05) is 17.3 Å². The fraction of sp³-hybridized carbons (Fsp3) is 0.200. The normalized spacial score (nSPS) is 10.1. The lowest BCUT2D eigenvalue weighted by atomic mass is 10.2. The molecule has 0 aliphatic carbocycles. The van der Waals surface area contributed by atoms with E-state index in [9.17, 15) is 4.79 Å². The molecule has 74 valence electrons. The van der Waals surface area contributed by atoms with E-state index in [4.69, 9.17) is 5.26 Å². The van der Waals surface area contributed by atoms with Crippen molar-refractivity contribution in [3.8, 4) is 6.07 Å². The molecule has 0 unspecified atom stereocenters. The molecule has 5 nitrogen and oxygen atoms in total. The second-order valence-electron chi connectivity index (χ2n) is 3.04. The largest absolute Gasteiger partial charge is 0.277 e. The molecule has 0 spiro atoms. The summed E-state index contributed by atoms with van der Waals surface area (Å²) >= 11 is 0. The van der Waals surface area contributed by atoms with Crippen LogP contribution >= 0.6 is 0 Å². The average Bonchev–Trinajstić information content (AvgIpc) is 2.29. The van der Waals surface area contributed by atoms with Gasteiger partial charge in [0.05, 0.1) is 24.4 Å². The van der Waals surface area contributed by atoms with Crippen molar-refractivity contribution in [2.45, 2.75) is 13.0 Å². The van der Waals surface area contributed by atoms with E-state index in [-0.39, 0.29) is 18.5 Å². The van der Waals surface area contributed by atoms with E-state index in [0.29, 0.717) is 10.9 Å². The number of aryl methyl sites for hydroxylation is 1. The van der Waals surface area contributed by atoms with Crippen molar-refractivity contribution in [3.63, 3.8) is 0 Å². The molecule has 15 heavy (non-hydrogen) atoms. The minimum Gasteiger partial charge on any atom is -0.267 e. The van der Waals surface area contributed by atoms with Crippen LogP contribution in [0.15, 0.2) is 29.1 Å². The SMILES string of the molecule is N#CCCn1nnc2ccccc2c1=O. The first kappa shape index (κ1) is 9.34. The molecule has 0 amide bonds. The highest BCUT2D eigenvalue weighted by molar-refractivity contribution is 5.76. The van der Waals surface area contributed by atoms with Crippen LogP contribution in [0, 0.1) is 11.3 Å². The smallest absolute Gasteiger partial charge is 0.267 e. The number of hydrogen-bond donors (Lipinski definition) is 0. The molecule has 0 aliphatic heterocycles. The van der Waals surface area contributed by atoms with Gasteiger partial charge in [0.25, 0.3) is 5.56 Å². The van der Waals surface area contributed by atoms with Crippen LogP contribution in [0.25, 0.3) is 10.9 Å². The van der Waals surface area contributed by atoms with Crippen LogP contribution in [0.2, 0.25) is 0 Å². The second-order valence-corrected chi connectivity index (χ2v) is 3.04. The summed E-state index contributed by atoms with van der Waals surface area (Å²) in [6.07, 6.45) is 0.257. The predicted molar refractivity (Wildman–Crippen MR) is 54.0 cm³/mol. The lowest BCUT2D eigenvalue weighted by Gasteiger charge is -2.00. The monoisotopic (exact) mass is 200 g/mol. The molecule has 2 rings (SSSR count). The van der Waals surface area contributed by atoms with Crippen LogP contribution in [0.3, 0.4) is 0 Å². The van der Waals surface area contributed by atoms with E-state index in [1.807, 2.05) is 6.07 Å². The molecule has 0 bridgehead atoms. The Morgan fingerprint density at radius 3 is 3.00 bits per heavy atom. The zero-order chi connectivity index (χ0) is 10.7. The lowest BCUT2D eigenvalue weighted by molar-refractivity contribution is 0.558. The van der Waals surface area contributed by atoms with Gasteiger partial charge in [-0.3, -0.25) is 4.79 Å². The van der Waals surface area contributed by atoms with Gasteiger partial charge in [0, 0.05) is 0 Å². The number of benzene rings is 1. The Morgan fingerprint density at radius 2 is 2.20 bits per heavy atom. The minimum absolute atomic E-state index is 0.198. The summed E-state index contributed by atoms with van der Waals surface area (Å²) in [5.74, 6) is 0. The summed E-state index contributed by atoms with van der Waals surface area (Å²) < 4.78 is 1.21. The lowest BCUT2D eigenvalue weighted by Crippen LogP contribution is -2.24. The van der Waals surface area contributed by atoms with Crippen molar-refractivity contribution >= 4 is 10.9 Å². The van der Waals surface area contributed by atoms with E-state index < -0.39 is 0 Å². The highest BCUT2D eigenvalue weighted by Crippen LogP contribution is 2.03. The maximum absolute atomic E-state index is 11.8. The fourth-order valence-corrected chi connectivity index (χ4v) is 1.33. The molecule has 1 heterocycles. The number of nitrogens with zero attached hydrogens (tertiary/aromatic N) is 4. The summed E-state index contributed by atoms with van der Waals surface area (Å²) in [6.45, 7) is 0.285. The zero-order valence-corrected chi connectivity index (χ0v) is 7.92. The summed E-state index contributed by atoms with van der Waals surface area (Å²) in [5, 5.41) is 16.6. The third-order valence-electron chi connectivity index (χ3n) is 2.06. The number of rotatable bonds is 2. The standard InChI is InChI=1S/C10H8N4O/c11-6-3-7-14-10(15)8-4-1-2-5-9(8)12-13-14/h1-2,4-5H,3,7H2. The van der Waals surface area contributed by atoms with Crippen molar-refractivity contribution in [3.05, 3.63) is 34.6 Å². The molecular formula is C10H8N4O. The van der Waals surface area contributed by atoms with Gasteiger partial charge in [-0.25, -0.2) is 4.68 Å². The van der Waals surface area contributed by atoms with Crippen LogP contribution < -0.4 is 5.56 Å². The first-order valence-corrected chi connectivity index (χ1v) is 4.52. The topological polar surface area (TPSA) is 71.6 Å². The van der Waals surface area contributed by atoms with Gasteiger partial charge >= 0.3 is 0 Å². The first-order valence-electron chi connectivity index (χ1n) is 4.52. The Balaban J connectivity index is 2.57. The van der Waals surface area contributed by atoms with E-state index in [2.05, 4.69) is 10.3 Å². The second kappa shape index (κ2) is 3.88. The van der Waals surface area contributed by atoms with E-state index in [1.165, 1.54) is 4.68 Å². The van der Waals surface area contributed by atoms with Crippen LogP contribution in [-0.4, -0.2) is 15.0 Å². The molecule has 1 aromatic carbocycles. The first-order chi connectivity index (χ1) is 7.33. The van der Waals surface area contributed by atoms with Crippen LogP contribution in [0.4, 0.5) is 0 Å². The molecule has 0 radical (unpaired) electrons. The Bertz CT molecular complexity index is 582. The van der Waals surface area contributed by atoms with Crippen LogP contribution in [0.1, 0.15) is 6.42 Å². The Labute approximate surface area is 85.6 Å². The molecule has 5 heteroatoms. The average molecular weight is 200 g/mol. The summed E-state index contributed by atoms with van der Waals surface area (Å²) in [6, 6.07) is 8.98. The molecule has 0 atom stereocenters. The van der Waals surface area contributed by atoms with E-state index >= 15 is 0 Å². The Hall–Kier alpha value is -2.22. The van der Waals surface area contributed by atoms with E-state index in [1.54, 1.807) is 24.3 Å². The van der Waals surface area contributed by atoms with Gasteiger partial charge in [0.15, 0.2) is 0 Å². The Kier molecular flexibility index (Phi) is 2.42. The van der Waals surface area contributed by atoms with Crippen molar-refractivity contribution in [1.29, 1.82) is 5.26 Å². The number of aromatic nitrogens is 3. The van der Waals surface area contributed by atoms with Crippen LogP contribution in [-0.2, 0) is 6.54 Å². The van der Waals surface area contributed by atoms with Crippen molar-refractivity contribution in [1.82, 2.24) is 15.0 Å². The summed E-state index contributed by atoms with van der Waals surface area (Å²) in [7, 11) is 0. The minimum atomic E-state index is -0.198. The van der Waals surface area contributed by atoms with Gasteiger partial charge in [-0.05, 0) is 12.1 Å². The molecular weight excluding hydrogens is 192 g/mol. The molecule has 0 fully saturated rings. The molecule has 2 aromatic rings. The quantitative estimate of drug-likeness (QED) is 0.715. The van der Waals surface area contributed by atoms with Crippen molar-refractivity contribution in [2.24, 2.45) is 0 Å². The van der Waals surface area contributed by atoms with E-state index in [0.717, 1.165) is 0 Å². The highest BCUT2D eigenvalue weighted by Gasteiger charge is 2.03. The third-order valence-corrected chi connectivity index (χ3v) is 2.06. The van der Waals surface area contributed by atoms with Gasteiger partial charge in [-0.2, -0.15) is 5.26 Å². The van der Waals surface area contributed by atoms with Gasteiger partial charge in [0.2, 0.25) is 0 Å². The maximum atomic E-state index is 11.8. The van der Waals surface area contributed by atoms with Gasteiger partial charge in [0.1, 0.15) is 5.52 Å². The number of fused-ring (bicyclic) bond motifs is 1. The molecule has 1 aromatic heterocycles. The maximum Gasteiger partial charge on any atom is 0.277 e. The van der Waals surface area contributed by atoms with Crippen molar-refractivity contribution < 1.29 is 0 Å². The van der Waals surface area contributed by atoms with Gasteiger partial charge in [-0.15, -0.1) is 5.10 Å². The zero-order valence-electron chi connectivity index (χ0n) is 7.92. The summed E-state index contributed by atoms with van der Waals surface area (Å²) in [4.78, 5) is 11.8. The molecule has 0 N–H and O–H groups in total. The Morgan fingerprint density at radius 1 is 1.40 bits per heavy atom. The third kappa shape index (κ3) is 1.70. The number of nitriles is 1. The highest BCUT2D eigenvalue weighted by atomic mass is 16.1. The van der Waals surface area contributed by atoms with Crippen molar-refractivity contribution in [2.75, 3.05) is 0 Å². The molecule has 0 aliphatic rings. The number of hydrogen-bond acceptors (Lipinski definition) is 4. The van der Waals surface area contributed by atoms with Crippen LogP contribution in [0.5, 0.6) is 0 Å². The predicted octanol–water partition coefficient (Wildman–Crippen LogP) is 0.705. The fourth-order valence-electron chi connectivity index (χ4n) is 1.33.